The molecule has 1 saturated carbocycles. The third-order valence-electron chi connectivity index (χ3n) is 5.92. The topological polar surface area (TPSA) is 104 Å². The molecule has 3 aromatic rings. The molecule has 1 aliphatic rings. The van der Waals surface area contributed by atoms with Gasteiger partial charge in [0, 0.05) is 48.9 Å². The third-order valence-corrected chi connectivity index (χ3v) is 5.92. The van der Waals surface area contributed by atoms with E-state index in [-0.39, 0.29) is 30.4 Å². The van der Waals surface area contributed by atoms with Gasteiger partial charge in [0.05, 0.1) is 6.54 Å². The normalized spacial score (nSPS) is 17.8. The lowest BCUT2D eigenvalue weighted by Gasteiger charge is -2.12. The monoisotopic (exact) mass is 407 g/mol. The van der Waals surface area contributed by atoms with Gasteiger partial charge in [-0.1, -0.05) is 12.1 Å². The number of Topliss-reactive ketones (excluding diaryl/α,β-unsaturated/α-hetero) is 1. The molecule has 2 atom stereocenters. The van der Waals surface area contributed by atoms with Gasteiger partial charge >= 0.3 is 0 Å². The second kappa shape index (κ2) is 8.28. The first-order valence-corrected chi connectivity index (χ1v) is 10.2. The summed E-state index contributed by atoms with van der Waals surface area (Å²) >= 11 is 0. The molecule has 0 spiro atoms. The first-order valence-electron chi connectivity index (χ1n) is 10.2. The van der Waals surface area contributed by atoms with Crippen LogP contribution in [0.5, 0.6) is 0 Å². The standard InChI is InChI=1S/C23H25N3O4/c1-24-22(29)19-10-17(21(28)11-16-9-14(16)6-8-27)13-26(23(19)30)12-15-3-2-4-20-18(15)5-7-25-20/h2-5,7,10,13-14,16,25,27H,6,8-9,11-12H2,1H3,(H,24,29)/t14-,16+/m0/s1. The first kappa shape index (κ1) is 20.1. The van der Waals surface area contributed by atoms with Crippen LogP contribution < -0.4 is 10.9 Å². The number of pyridine rings is 1. The first-order chi connectivity index (χ1) is 14.5. The number of nitrogens with one attached hydrogen (secondary N) is 2. The van der Waals surface area contributed by atoms with E-state index in [1.165, 1.54) is 17.7 Å². The highest BCUT2D eigenvalue weighted by Gasteiger charge is 2.37. The van der Waals surface area contributed by atoms with Crippen molar-refractivity contribution in [2.75, 3.05) is 13.7 Å². The molecular formula is C23H25N3O4. The van der Waals surface area contributed by atoms with Crippen LogP contribution >= 0.6 is 0 Å². The van der Waals surface area contributed by atoms with E-state index in [9.17, 15) is 14.4 Å². The van der Waals surface area contributed by atoms with E-state index in [1.54, 1.807) is 6.20 Å². The number of H-pyrrole nitrogens is 1. The van der Waals surface area contributed by atoms with Crippen molar-refractivity contribution >= 4 is 22.6 Å². The number of carbonyl (C=O) groups excluding carboxylic acids is 2. The lowest BCUT2D eigenvalue weighted by Crippen LogP contribution is -2.32. The maximum atomic E-state index is 12.9. The van der Waals surface area contributed by atoms with Crippen LogP contribution in [0.3, 0.4) is 0 Å². The number of carbonyl (C=O) groups is 2. The van der Waals surface area contributed by atoms with Crippen LogP contribution in [0.4, 0.5) is 0 Å². The SMILES string of the molecule is CNC(=O)c1cc(C(=O)C[C@H]2C[C@@H]2CCO)cn(Cc2cccc3[nH]ccc23)c1=O. The number of benzene rings is 1. The fourth-order valence-electron chi connectivity index (χ4n) is 4.11. The summed E-state index contributed by atoms with van der Waals surface area (Å²) in [6, 6.07) is 9.14. The summed E-state index contributed by atoms with van der Waals surface area (Å²) in [6.45, 7) is 0.390. The van der Waals surface area contributed by atoms with Crippen molar-refractivity contribution in [2.45, 2.75) is 25.8 Å². The number of aromatic amines is 1. The zero-order valence-electron chi connectivity index (χ0n) is 16.9. The number of rotatable bonds is 8. The Morgan fingerprint density at radius 1 is 1.27 bits per heavy atom. The van der Waals surface area contributed by atoms with Gasteiger partial charge < -0.3 is 20.0 Å². The van der Waals surface area contributed by atoms with Crippen LogP contribution in [-0.2, 0) is 6.54 Å². The molecule has 1 aromatic carbocycles. The minimum absolute atomic E-state index is 0.0349. The van der Waals surface area contributed by atoms with Crippen molar-refractivity contribution in [2.24, 2.45) is 11.8 Å². The minimum Gasteiger partial charge on any atom is -0.396 e. The molecule has 2 heterocycles. The summed E-state index contributed by atoms with van der Waals surface area (Å²) in [6.07, 6.45) is 5.41. The summed E-state index contributed by atoms with van der Waals surface area (Å²) in [5.74, 6) is 0.0589. The molecule has 0 saturated heterocycles. The quantitative estimate of drug-likeness (QED) is 0.499. The number of amides is 1. The Balaban J connectivity index is 1.68. The highest BCUT2D eigenvalue weighted by atomic mass is 16.3. The van der Waals surface area contributed by atoms with Gasteiger partial charge in [-0.15, -0.1) is 0 Å². The summed E-state index contributed by atoms with van der Waals surface area (Å²) in [5, 5.41) is 12.5. The molecular weight excluding hydrogens is 382 g/mol. The zero-order valence-corrected chi connectivity index (χ0v) is 16.9. The van der Waals surface area contributed by atoms with E-state index in [2.05, 4.69) is 10.3 Å². The average molecular weight is 407 g/mol. The molecule has 0 aliphatic heterocycles. The van der Waals surface area contributed by atoms with Crippen LogP contribution in [-0.4, -0.2) is 40.0 Å². The molecule has 2 aromatic heterocycles. The Bertz CT molecular complexity index is 1160. The number of hydrogen-bond donors (Lipinski definition) is 3. The predicted octanol–water partition coefficient (Wildman–Crippen LogP) is 2.33. The number of aliphatic hydroxyl groups excluding tert-OH is 1. The van der Waals surface area contributed by atoms with E-state index in [1.807, 2.05) is 30.5 Å². The van der Waals surface area contributed by atoms with Crippen LogP contribution in [0.2, 0.25) is 0 Å². The summed E-state index contributed by atoms with van der Waals surface area (Å²) in [4.78, 5) is 41.3. The fourth-order valence-corrected chi connectivity index (χ4v) is 4.11. The lowest BCUT2D eigenvalue weighted by molar-refractivity contribution is 0.0961. The molecule has 0 radical (unpaired) electrons. The Hall–Kier alpha value is -3.19. The highest BCUT2D eigenvalue weighted by Crippen LogP contribution is 2.44. The molecule has 3 N–H and O–H groups in total. The van der Waals surface area contributed by atoms with Crippen molar-refractivity contribution < 1.29 is 14.7 Å². The van der Waals surface area contributed by atoms with Crippen LogP contribution in [0.15, 0.2) is 47.5 Å². The molecule has 4 rings (SSSR count). The van der Waals surface area contributed by atoms with Crippen LogP contribution in [0.25, 0.3) is 10.9 Å². The van der Waals surface area contributed by atoms with E-state index in [0.29, 0.717) is 24.3 Å². The molecule has 1 fully saturated rings. The molecule has 1 amide bonds. The molecule has 0 bridgehead atoms. The average Bonchev–Trinajstić information content (AvgIpc) is 3.27. The minimum atomic E-state index is -0.507. The summed E-state index contributed by atoms with van der Waals surface area (Å²) < 4.78 is 1.44. The van der Waals surface area contributed by atoms with Gasteiger partial charge in [-0.25, -0.2) is 0 Å². The van der Waals surface area contributed by atoms with Crippen molar-refractivity contribution in [3.05, 3.63) is 69.8 Å². The number of aliphatic hydroxyl groups is 1. The van der Waals surface area contributed by atoms with E-state index < -0.39 is 11.5 Å². The Labute approximate surface area is 173 Å². The van der Waals surface area contributed by atoms with Crippen molar-refractivity contribution in [1.29, 1.82) is 0 Å². The smallest absolute Gasteiger partial charge is 0.263 e. The lowest BCUT2D eigenvalue weighted by atomic mass is 10.0. The van der Waals surface area contributed by atoms with E-state index in [4.69, 9.17) is 5.11 Å². The van der Waals surface area contributed by atoms with Crippen molar-refractivity contribution in [3.63, 3.8) is 0 Å². The zero-order chi connectivity index (χ0) is 21.3. The molecule has 7 nitrogen and oxygen atoms in total. The van der Waals surface area contributed by atoms with Gasteiger partial charge in [-0.3, -0.25) is 14.4 Å². The molecule has 0 unspecified atom stereocenters. The number of aromatic nitrogens is 2. The third kappa shape index (κ3) is 3.93. The Morgan fingerprint density at radius 2 is 2.10 bits per heavy atom. The van der Waals surface area contributed by atoms with Gasteiger partial charge in [-0.05, 0) is 48.4 Å². The summed E-state index contributed by atoms with van der Waals surface area (Å²) in [5.41, 5.74) is 1.79. The number of nitrogens with zero attached hydrogens (tertiary/aromatic N) is 1. The fraction of sp³-hybridized carbons (Fsp3) is 0.348. The molecule has 1 aliphatic carbocycles. The molecule has 30 heavy (non-hydrogen) atoms. The van der Waals surface area contributed by atoms with Gasteiger partial charge in [-0.2, -0.15) is 0 Å². The van der Waals surface area contributed by atoms with Crippen LogP contribution in [0, 0.1) is 11.8 Å². The second-order valence-electron chi connectivity index (χ2n) is 7.91. The van der Waals surface area contributed by atoms with Crippen molar-refractivity contribution in [1.82, 2.24) is 14.9 Å². The Kier molecular flexibility index (Phi) is 5.55. The van der Waals surface area contributed by atoms with E-state index >= 15 is 0 Å². The van der Waals surface area contributed by atoms with Gasteiger partial charge in [0.2, 0.25) is 0 Å². The maximum Gasteiger partial charge on any atom is 0.263 e. The van der Waals surface area contributed by atoms with Gasteiger partial charge in [0.25, 0.3) is 11.5 Å². The number of fused-ring (bicyclic) bond motifs is 1. The second-order valence-corrected chi connectivity index (χ2v) is 7.91. The maximum absolute atomic E-state index is 12.9. The molecule has 156 valence electrons. The predicted molar refractivity (Wildman–Crippen MR) is 114 cm³/mol. The molecule has 7 heteroatoms. The highest BCUT2D eigenvalue weighted by molar-refractivity contribution is 6.00. The van der Waals surface area contributed by atoms with Gasteiger partial charge in [0.15, 0.2) is 5.78 Å². The van der Waals surface area contributed by atoms with Crippen molar-refractivity contribution in [3.8, 4) is 0 Å². The number of ketones is 1. The Morgan fingerprint density at radius 3 is 2.87 bits per heavy atom. The largest absolute Gasteiger partial charge is 0.396 e. The summed E-state index contributed by atoms with van der Waals surface area (Å²) in [7, 11) is 1.46. The van der Waals surface area contributed by atoms with Gasteiger partial charge in [0.1, 0.15) is 5.56 Å². The van der Waals surface area contributed by atoms with E-state index in [0.717, 1.165) is 22.9 Å². The van der Waals surface area contributed by atoms with Crippen LogP contribution in [0.1, 0.15) is 45.5 Å². The number of hydrogen-bond acceptors (Lipinski definition) is 4.